The van der Waals surface area contributed by atoms with Crippen LogP contribution in [0.3, 0.4) is 0 Å². The van der Waals surface area contributed by atoms with Crippen LogP contribution in [0.2, 0.25) is 0 Å². The number of benzene rings is 1. The van der Waals surface area contributed by atoms with E-state index in [0.717, 1.165) is 11.3 Å². The van der Waals surface area contributed by atoms with Crippen LogP contribution in [-0.2, 0) is 4.79 Å². The molecular formula is C16H20N4O. The topological polar surface area (TPSA) is 51.0 Å². The Morgan fingerprint density at radius 3 is 2.48 bits per heavy atom. The highest BCUT2D eigenvalue weighted by molar-refractivity contribution is 5.82. The van der Waals surface area contributed by atoms with Crippen molar-refractivity contribution in [3.8, 4) is 11.3 Å². The fourth-order valence-corrected chi connectivity index (χ4v) is 2.46. The lowest BCUT2D eigenvalue weighted by molar-refractivity contribution is -0.145. The Labute approximate surface area is 124 Å². The van der Waals surface area contributed by atoms with Crippen LogP contribution >= 0.6 is 0 Å². The highest BCUT2D eigenvalue weighted by Crippen LogP contribution is 2.27. The SMILES string of the molecule is CC(C)(C)C(=O)N1CC(n2cc(-c3ccccc3)nn2)C1. The van der Waals surface area contributed by atoms with Gasteiger partial charge in [-0.15, -0.1) is 5.10 Å². The predicted octanol–water partition coefficient (Wildman–Crippen LogP) is 2.37. The molecule has 1 fully saturated rings. The highest BCUT2D eigenvalue weighted by atomic mass is 16.2. The van der Waals surface area contributed by atoms with Crippen LogP contribution < -0.4 is 0 Å². The number of hydrogen-bond acceptors (Lipinski definition) is 3. The predicted molar refractivity (Wildman–Crippen MR) is 80.5 cm³/mol. The Balaban J connectivity index is 1.66. The minimum absolute atomic E-state index is 0.196. The minimum Gasteiger partial charge on any atom is -0.338 e. The maximum Gasteiger partial charge on any atom is 0.228 e. The summed E-state index contributed by atoms with van der Waals surface area (Å²) in [6.07, 6.45) is 1.96. The standard InChI is InChI=1S/C16H20N4O/c1-16(2,3)15(21)19-9-13(10-19)20-11-14(17-18-20)12-7-5-4-6-8-12/h4-8,11,13H,9-10H2,1-3H3. The van der Waals surface area contributed by atoms with Gasteiger partial charge in [-0.25, -0.2) is 4.68 Å². The van der Waals surface area contributed by atoms with Gasteiger partial charge in [0.15, 0.2) is 0 Å². The molecule has 110 valence electrons. The fraction of sp³-hybridized carbons (Fsp3) is 0.438. The average Bonchev–Trinajstić information content (AvgIpc) is 2.86. The molecule has 5 heteroatoms. The van der Waals surface area contributed by atoms with Crippen molar-refractivity contribution in [1.29, 1.82) is 0 Å². The molecule has 3 rings (SSSR count). The second kappa shape index (κ2) is 4.98. The summed E-state index contributed by atoms with van der Waals surface area (Å²) in [7, 11) is 0. The van der Waals surface area contributed by atoms with E-state index in [2.05, 4.69) is 10.3 Å². The lowest BCUT2D eigenvalue weighted by atomic mass is 9.92. The molecule has 1 saturated heterocycles. The van der Waals surface area contributed by atoms with Crippen molar-refractivity contribution in [2.75, 3.05) is 13.1 Å². The molecular weight excluding hydrogens is 264 g/mol. The Bertz CT molecular complexity index is 636. The van der Waals surface area contributed by atoms with E-state index < -0.39 is 0 Å². The second-order valence-corrected chi connectivity index (χ2v) is 6.56. The molecule has 1 aliphatic heterocycles. The smallest absolute Gasteiger partial charge is 0.228 e. The summed E-state index contributed by atoms with van der Waals surface area (Å²) < 4.78 is 1.87. The van der Waals surface area contributed by atoms with Gasteiger partial charge in [0, 0.05) is 24.1 Å². The third kappa shape index (κ3) is 2.68. The first kappa shape index (κ1) is 13.8. The summed E-state index contributed by atoms with van der Waals surface area (Å²) in [5.41, 5.74) is 1.62. The summed E-state index contributed by atoms with van der Waals surface area (Å²) in [4.78, 5) is 14.0. The van der Waals surface area contributed by atoms with E-state index in [-0.39, 0.29) is 17.4 Å². The monoisotopic (exact) mass is 284 g/mol. The molecule has 2 aromatic rings. The molecule has 0 N–H and O–H groups in total. The summed E-state index contributed by atoms with van der Waals surface area (Å²) in [6, 6.07) is 10.2. The third-order valence-corrected chi connectivity index (χ3v) is 3.75. The number of carbonyl (C=O) groups excluding carboxylic acids is 1. The average molecular weight is 284 g/mol. The van der Waals surface area contributed by atoms with Crippen LogP contribution in [0.25, 0.3) is 11.3 Å². The Hall–Kier alpha value is -2.17. The normalized spacial score (nSPS) is 15.9. The summed E-state index contributed by atoms with van der Waals surface area (Å²) in [5.74, 6) is 0.196. The number of carbonyl (C=O) groups is 1. The Kier molecular flexibility index (Phi) is 3.27. The first-order valence-electron chi connectivity index (χ1n) is 7.22. The van der Waals surface area contributed by atoms with Gasteiger partial charge in [0.1, 0.15) is 5.69 Å². The largest absolute Gasteiger partial charge is 0.338 e. The maximum absolute atomic E-state index is 12.1. The van der Waals surface area contributed by atoms with Gasteiger partial charge in [-0.05, 0) is 0 Å². The van der Waals surface area contributed by atoms with Crippen molar-refractivity contribution < 1.29 is 4.79 Å². The van der Waals surface area contributed by atoms with Crippen molar-refractivity contribution in [1.82, 2.24) is 19.9 Å². The van der Waals surface area contributed by atoms with Gasteiger partial charge >= 0.3 is 0 Å². The summed E-state index contributed by atoms with van der Waals surface area (Å²) in [6.45, 7) is 7.28. The fourth-order valence-electron chi connectivity index (χ4n) is 2.46. The van der Waals surface area contributed by atoms with Gasteiger partial charge in [0.05, 0.1) is 12.2 Å². The molecule has 0 aliphatic carbocycles. The minimum atomic E-state index is -0.317. The zero-order valence-electron chi connectivity index (χ0n) is 12.7. The van der Waals surface area contributed by atoms with E-state index in [1.54, 1.807) is 0 Å². The molecule has 0 atom stereocenters. The number of likely N-dealkylation sites (tertiary alicyclic amines) is 1. The molecule has 0 bridgehead atoms. The van der Waals surface area contributed by atoms with Crippen LogP contribution in [0.1, 0.15) is 26.8 Å². The molecule has 5 nitrogen and oxygen atoms in total. The van der Waals surface area contributed by atoms with Crippen molar-refractivity contribution in [2.24, 2.45) is 5.41 Å². The van der Waals surface area contributed by atoms with E-state index in [1.807, 2.05) is 66.9 Å². The number of hydrogen-bond donors (Lipinski definition) is 0. The van der Waals surface area contributed by atoms with E-state index in [1.165, 1.54) is 0 Å². The summed E-state index contributed by atoms with van der Waals surface area (Å²) >= 11 is 0. The zero-order valence-corrected chi connectivity index (χ0v) is 12.7. The molecule has 0 spiro atoms. The third-order valence-electron chi connectivity index (χ3n) is 3.75. The van der Waals surface area contributed by atoms with Gasteiger partial charge < -0.3 is 4.90 Å². The summed E-state index contributed by atoms with van der Waals surface area (Å²) in [5, 5.41) is 8.42. The lowest BCUT2D eigenvalue weighted by Crippen LogP contribution is -2.54. The number of amides is 1. The molecule has 1 aromatic heterocycles. The first-order valence-corrected chi connectivity index (χ1v) is 7.22. The van der Waals surface area contributed by atoms with Crippen molar-refractivity contribution in [3.05, 3.63) is 36.5 Å². The quantitative estimate of drug-likeness (QED) is 0.850. The molecule has 0 unspecified atom stereocenters. The van der Waals surface area contributed by atoms with Gasteiger partial charge in [-0.2, -0.15) is 0 Å². The molecule has 2 heterocycles. The molecule has 1 aromatic carbocycles. The number of aromatic nitrogens is 3. The second-order valence-electron chi connectivity index (χ2n) is 6.56. The lowest BCUT2D eigenvalue weighted by Gasteiger charge is -2.41. The van der Waals surface area contributed by atoms with Crippen molar-refractivity contribution in [2.45, 2.75) is 26.8 Å². The van der Waals surface area contributed by atoms with Gasteiger partial charge in [0.2, 0.25) is 5.91 Å². The molecule has 0 saturated carbocycles. The van der Waals surface area contributed by atoms with Gasteiger partial charge in [-0.3, -0.25) is 4.79 Å². The van der Waals surface area contributed by atoms with Gasteiger partial charge in [-0.1, -0.05) is 56.3 Å². The van der Waals surface area contributed by atoms with Crippen molar-refractivity contribution in [3.63, 3.8) is 0 Å². The van der Waals surface area contributed by atoms with E-state index in [0.29, 0.717) is 13.1 Å². The van der Waals surface area contributed by atoms with Gasteiger partial charge in [0.25, 0.3) is 0 Å². The maximum atomic E-state index is 12.1. The van der Waals surface area contributed by atoms with Crippen LogP contribution in [-0.4, -0.2) is 38.9 Å². The molecule has 21 heavy (non-hydrogen) atoms. The zero-order chi connectivity index (χ0) is 15.0. The van der Waals surface area contributed by atoms with E-state index in [4.69, 9.17) is 0 Å². The molecule has 1 amide bonds. The Morgan fingerprint density at radius 1 is 1.19 bits per heavy atom. The number of rotatable bonds is 2. The Morgan fingerprint density at radius 2 is 1.86 bits per heavy atom. The first-order chi connectivity index (χ1) is 9.95. The number of nitrogens with zero attached hydrogens (tertiary/aromatic N) is 4. The van der Waals surface area contributed by atoms with Crippen LogP contribution in [0.4, 0.5) is 0 Å². The van der Waals surface area contributed by atoms with Crippen LogP contribution in [0.5, 0.6) is 0 Å². The van der Waals surface area contributed by atoms with E-state index >= 15 is 0 Å². The van der Waals surface area contributed by atoms with Crippen LogP contribution in [0.15, 0.2) is 36.5 Å². The van der Waals surface area contributed by atoms with Crippen LogP contribution in [0, 0.1) is 5.41 Å². The van der Waals surface area contributed by atoms with E-state index in [9.17, 15) is 4.79 Å². The highest BCUT2D eigenvalue weighted by Gasteiger charge is 2.37. The van der Waals surface area contributed by atoms with Crippen molar-refractivity contribution >= 4 is 5.91 Å². The molecule has 0 radical (unpaired) electrons. The molecule has 1 aliphatic rings.